The average Bonchev–Trinajstić information content (AvgIpc) is 2.62. The van der Waals surface area contributed by atoms with Crippen LogP contribution in [0.4, 0.5) is 0 Å². The number of hydrogen-bond acceptors (Lipinski definition) is 2. The zero-order valence-electron chi connectivity index (χ0n) is 7.12. The number of alkyl halides is 1. The standard InChI is InChI=1S/C9H7ClN2O2/c10-3-5-1-2-6-8(12-4-11-6)7(5)9(13)14/h1-2,4H,3H2,(H,11,12)(H,13,14). The largest absolute Gasteiger partial charge is 0.478 e. The van der Waals surface area contributed by atoms with Crippen LogP contribution in [-0.4, -0.2) is 21.0 Å². The van der Waals surface area contributed by atoms with Crippen LogP contribution in [0.15, 0.2) is 18.5 Å². The van der Waals surface area contributed by atoms with E-state index in [1.54, 1.807) is 12.1 Å². The molecule has 1 aromatic heterocycles. The van der Waals surface area contributed by atoms with Crippen LogP contribution in [0.25, 0.3) is 11.0 Å². The number of carboxylic acid groups (broad SMARTS) is 1. The molecule has 0 atom stereocenters. The van der Waals surface area contributed by atoms with Crippen molar-refractivity contribution in [1.29, 1.82) is 0 Å². The predicted molar refractivity (Wildman–Crippen MR) is 52.6 cm³/mol. The van der Waals surface area contributed by atoms with E-state index in [2.05, 4.69) is 9.97 Å². The summed E-state index contributed by atoms with van der Waals surface area (Å²) < 4.78 is 0. The van der Waals surface area contributed by atoms with E-state index in [0.717, 1.165) is 0 Å². The third kappa shape index (κ3) is 1.24. The van der Waals surface area contributed by atoms with Crippen molar-refractivity contribution in [2.24, 2.45) is 0 Å². The van der Waals surface area contributed by atoms with E-state index in [9.17, 15) is 4.79 Å². The lowest BCUT2D eigenvalue weighted by atomic mass is 10.1. The van der Waals surface area contributed by atoms with Crippen LogP contribution < -0.4 is 0 Å². The van der Waals surface area contributed by atoms with E-state index in [4.69, 9.17) is 16.7 Å². The number of rotatable bonds is 2. The van der Waals surface area contributed by atoms with Gasteiger partial charge in [0.05, 0.1) is 17.4 Å². The number of aromatic nitrogens is 2. The quantitative estimate of drug-likeness (QED) is 0.745. The first-order valence-electron chi connectivity index (χ1n) is 3.98. The Balaban J connectivity index is 2.82. The highest BCUT2D eigenvalue weighted by molar-refractivity contribution is 6.18. The number of nitrogens with zero attached hydrogens (tertiary/aromatic N) is 1. The van der Waals surface area contributed by atoms with Gasteiger partial charge in [0.2, 0.25) is 0 Å². The second-order valence-electron chi connectivity index (χ2n) is 2.84. The van der Waals surface area contributed by atoms with Crippen molar-refractivity contribution in [3.8, 4) is 0 Å². The third-order valence-electron chi connectivity index (χ3n) is 2.04. The summed E-state index contributed by atoms with van der Waals surface area (Å²) in [5, 5.41) is 9.00. The predicted octanol–water partition coefficient (Wildman–Crippen LogP) is 2.00. The first kappa shape index (κ1) is 9.02. The molecule has 4 nitrogen and oxygen atoms in total. The maximum absolute atomic E-state index is 11.0. The van der Waals surface area contributed by atoms with Gasteiger partial charge in [-0.15, -0.1) is 11.6 Å². The number of aromatic carboxylic acids is 1. The SMILES string of the molecule is O=C(O)c1c(CCl)ccc2[nH]cnc12. The van der Waals surface area contributed by atoms with E-state index in [-0.39, 0.29) is 11.4 Å². The summed E-state index contributed by atoms with van der Waals surface area (Å²) in [5.74, 6) is -0.830. The van der Waals surface area contributed by atoms with E-state index >= 15 is 0 Å². The smallest absolute Gasteiger partial charge is 0.338 e. The number of carbonyl (C=O) groups is 1. The number of aromatic amines is 1. The van der Waals surface area contributed by atoms with Gasteiger partial charge in [-0.3, -0.25) is 0 Å². The summed E-state index contributed by atoms with van der Waals surface area (Å²) in [4.78, 5) is 17.8. The normalized spacial score (nSPS) is 10.6. The molecule has 0 unspecified atom stereocenters. The molecule has 14 heavy (non-hydrogen) atoms. The first-order valence-corrected chi connectivity index (χ1v) is 4.51. The fourth-order valence-electron chi connectivity index (χ4n) is 1.40. The Hall–Kier alpha value is -1.55. The molecule has 0 radical (unpaired) electrons. The van der Waals surface area contributed by atoms with E-state index in [1.807, 2.05) is 0 Å². The van der Waals surface area contributed by atoms with Gasteiger partial charge >= 0.3 is 5.97 Å². The summed E-state index contributed by atoms with van der Waals surface area (Å²) in [6.45, 7) is 0. The van der Waals surface area contributed by atoms with Gasteiger partial charge in [-0.2, -0.15) is 0 Å². The number of H-pyrrole nitrogens is 1. The first-order chi connectivity index (χ1) is 6.74. The molecule has 0 amide bonds. The molecule has 1 aromatic carbocycles. The van der Waals surface area contributed by atoms with Crippen molar-refractivity contribution >= 4 is 28.6 Å². The Labute approximate surface area is 84.5 Å². The number of fused-ring (bicyclic) bond motifs is 1. The lowest BCUT2D eigenvalue weighted by molar-refractivity contribution is 0.0698. The topological polar surface area (TPSA) is 66.0 Å². The lowest BCUT2D eigenvalue weighted by Gasteiger charge is -2.02. The minimum absolute atomic E-state index is 0.171. The van der Waals surface area contributed by atoms with Crippen LogP contribution in [0.3, 0.4) is 0 Å². The zero-order chi connectivity index (χ0) is 10.1. The molecule has 1 heterocycles. The van der Waals surface area contributed by atoms with Gasteiger partial charge in [-0.1, -0.05) is 6.07 Å². The Kier molecular flexibility index (Phi) is 2.13. The molecule has 0 aliphatic carbocycles. The molecule has 2 rings (SSSR count). The molecule has 2 N–H and O–H groups in total. The van der Waals surface area contributed by atoms with Gasteiger partial charge < -0.3 is 10.1 Å². The van der Waals surface area contributed by atoms with Gasteiger partial charge in [-0.25, -0.2) is 9.78 Å². The van der Waals surface area contributed by atoms with Gasteiger partial charge in [0.1, 0.15) is 5.52 Å². The van der Waals surface area contributed by atoms with Crippen molar-refractivity contribution in [1.82, 2.24) is 9.97 Å². The number of carboxylic acids is 1. The summed E-state index contributed by atoms with van der Waals surface area (Å²) in [5.41, 5.74) is 1.92. The monoisotopic (exact) mass is 210 g/mol. The molecular weight excluding hydrogens is 204 g/mol. The lowest BCUT2D eigenvalue weighted by Crippen LogP contribution is -2.02. The molecule has 0 fully saturated rings. The second kappa shape index (κ2) is 3.31. The highest BCUT2D eigenvalue weighted by Crippen LogP contribution is 2.20. The summed E-state index contributed by atoms with van der Waals surface area (Å²) in [7, 11) is 0. The van der Waals surface area contributed by atoms with E-state index in [1.165, 1.54) is 6.33 Å². The van der Waals surface area contributed by atoms with E-state index in [0.29, 0.717) is 16.6 Å². The number of imidazole rings is 1. The van der Waals surface area contributed by atoms with Gasteiger partial charge in [0, 0.05) is 5.88 Å². The number of halogens is 1. The van der Waals surface area contributed by atoms with Crippen molar-refractivity contribution in [3.63, 3.8) is 0 Å². The fraction of sp³-hybridized carbons (Fsp3) is 0.111. The van der Waals surface area contributed by atoms with Gasteiger partial charge in [-0.05, 0) is 11.6 Å². The Morgan fingerprint density at radius 1 is 1.57 bits per heavy atom. The molecular formula is C9H7ClN2O2. The zero-order valence-corrected chi connectivity index (χ0v) is 7.88. The van der Waals surface area contributed by atoms with Crippen LogP contribution in [0, 0.1) is 0 Å². The van der Waals surface area contributed by atoms with Crippen LogP contribution >= 0.6 is 11.6 Å². The Morgan fingerprint density at radius 2 is 2.36 bits per heavy atom. The van der Waals surface area contributed by atoms with Gasteiger partial charge in [0.25, 0.3) is 0 Å². The maximum Gasteiger partial charge on any atom is 0.338 e. The minimum atomic E-state index is -1.00. The minimum Gasteiger partial charge on any atom is -0.478 e. The molecule has 0 aliphatic heterocycles. The van der Waals surface area contributed by atoms with Crippen molar-refractivity contribution in [3.05, 3.63) is 29.6 Å². The number of nitrogens with one attached hydrogen (secondary N) is 1. The second-order valence-corrected chi connectivity index (χ2v) is 3.10. The Bertz CT molecular complexity index is 493. The molecule has 5 heteroatoms. The van der Waals surface area contributed by atoms with Crippen LogP contribution in [0.5, 0.6) is 0 Å². The van der Waals surface area contributed by atoms with Crippen molar-refractivity contribution in [2.45, 2.75) is 5.88 Å². The van der Waals surface area contributed by atoms with Crippen molar-refractivity contribution < 1.29 is 9.90 Å². The number of benzene rings is 1. The van der Waals surface area contributed by atoms with Crippen molar-refractivity contribution in [2.75, 3.05) is 0 Å². The molecule has 0 saturated heterocycles. The van der Waals surface area contributed by atoms with E-state index < -0.39 is 5.97 Å². The summed E-state index contributed by atoms with van der Waals surface area (Å²) in [6.07, 6.45) is 1.47. The third-order valence-corrected chi connectivity index (χ3v) is 2.32. The van der Waals surface area contributed by atoms with Crippen LogP contribution in [0.2, 0.25) is 0 Å². The summed E-state index contributed by atoms with van der Waals surface area (Å²) >= 11 is 5.64. The fourth-order valence-corrected chi connectivity index (χ4v) is 1.62. The molecule has 0 saturated carbocycles. The number of hydrogen-bond donors (Lipinski definition) is 2. The Morgan fingerprint density at radius 3 is 3.00 bits per heavy atom. The van der Waals surface area contributed by atoms with Crippen LogP contribution in [-0.2, 0) is 5.88 Å². The highest BCUT2D eigenvalue weighted by atomic mass is 35.5. The summed E-state index contributed by atoms with van der Waals surface area (Å²) in [6, 6.07) is 3.46. The van der Waals surface area contributed by atoms with Gasteiger partial charge in [0.15, 0.2) is 0 Å². The molecule has 0 spiro atoms. The highest BCUT2D eigenvalue weighted by Gasteiger charge is 2.15. The maximum atomic E-state index is 11.0. The molecule has 72 valence electrons. The average molecular weight is 211 g/mol. The molecule has 0 aliphatic rings. The molecule has 2 aromatic rings. The molecule has 0 bridgehead atoms. The van der Waals surface area contributed by atoms with Crippen LogP contribution in [0.1, 0.15) is 15.9 Å².